The van der Waals surface area contributed by atoms with E-state index in [1.165, 1.54) is 38.5 Å². The Hall–Kier alpha value is 0. The van der Waals surface area contributed by atoms with Gasteiger partial charge in [-0.3, -0.25) is 0 Å². The van der Waals surface area contributed by atoms with Crippen molar-refractivity contribution in [2.24, 2.45) is 23.7 Å². The van der Waals surface area contributed by atoms with E-state index in [0.717, 1.165) is 23.7 Å². The second-order valence-electron chi connectivity index (χ2n) is 5.82. The van der Waals surface area contributed by atoms with E-state index in [0.29, 0.717) is 0 Å². The lowest BCUT2D eigenvalue weighted by Gasteiger charge is -2.29. The Labute approximate surface area is 90.5 Å². The Bertz CT molecular complexity index is 142. The normalized spacial score (nSPS) is 23.8. The molecule has 2 atom stereocenters. The Morgan fingerprint density at radius 3 is 2.00 bits per heavy atom. The molecule has 1 fully saturated rings. The van der Waals surface area contributed by atoms with E-state index in [1.807, 2.05) is 0 Å². The minimum atomic E-state index is 0.855. The first-order valence-corrected chi connectivity index (χ1v) is 6.61. The molecule has 0 spiro atoms. The monoisotopic (exact) mass is 196 g/mol. The molecule has 1 aliphatic rings. The lowest BCUT2D eigenvalue weighted by atomic mass is 9.77. The van der Waals surface area contributed by atoms with Gasteiger partial charge in [0.15, 0.2) is 0 Å². The molecule has 0 heterocycles. The molecule has 0 saturated heterocycles. The van der Waals surface area contributed by atoms with Crippen molar-refractivity contribution in [1.82, 2.24) is 0 Å². The zero-order valence-corrected chi connectivity index (χ0v) is 10.6. The third-order valence-corrected chi connectivity index (χ3v) is 4.38. The van der Waals surface area contributed by atoms with Gasteiger partial charge in [-0.15, -0.1) is 0 Å². The van der Waals surface area contributed by atoms with Crippen LogP contribution in [0.4, 0.5) is 0 Å². The van der Waals surface area contributed by atoms with Gasteiger partial charge in [-0.2, -0.15) is 0 Å². The molecule has 84 valence electrons. The van der Waals surface area contributed by atoms with E-state index in [-0.39, 0.29) is 0 Å². The van der Waals surface area contributed by atoms with E-state index < -0.39 is 0 Å². The van der Waals surface area contributed by atoms with Crippen LogP contribution in [0.5, 0.6) is 0 Å². The van der Waals surface area contributed by atoms with Crippen LogP contribution < -0.4 is 0 Å². The van der Waals surface area contributed by atoms with Crippen LogP contribution in [0.1, 0.15) is 66.2 Å². The molecule has 0 amide bonds. The molecule has 0 nitrogen and oxygen atoms in total. The van der Waals surface area contributed by atoms with Crippen LogP contribution in [0.3, 0.4) is 0 Å². The maximum absolute atomic E-state index is 2.46. The van der Waals surface area contributed by atoms with Crippen LogP contribution in [-0.2, 0) is 0 Å². The van der Waals surface area contributed by atoms with Crippen molar-refractivity contribution in [2.45, 2.75) is 66.2 Å². The molecule has 0 aromatic heterocycles. The maximum atomic E-state index is 2.46. The fraction of sp³-hybridized carbons (Fsp3) is 1.00. The van der Waals surface area contributed by atoms with Gasteiger partial charge in [-0.1, -0.05) is 59.8 Å². The minimum absolute atomic E-state index is 0.855. The summed E-state index contributed by atoms with van der Waals surface area (Å²) in [5, 5.41) is 0. The van der Waals surface area contributed by atoms with Crippen LogP contribution in [0.15, 0.2) is 0 Å². The standard InChI is InChI=1S/C14H28/c1-11(2)13(4)12(3)10-14-8-6-5-7-9-14/h11-14H,5-10H2,1-4H3. The first-order valence-electron chi connectivity index (χ1n) is 6.61. The van der Waals surface area contributed by atoms with Gasteiger partial charge in [0.1, 0.15) is 0 Å². The molecule has 1 saturated carbocycles. The average molecular weight is 196 g/mol. The molecule has 1 rings (SSSR count). The Morgan fingerprint density at radius 1 is 0.929 bits per heavy atom. The maximum Gasteiger partial charge on any atom is -0.0394 e. The average Bonchev–Trinajstić information content (AvgIpc) is 2.18. The van der Waals surface area contributed by atoms with Crippen molar-refractivity contribution in [3.63, 3.8) is 0 Å². The summed E-state index contributed by atoms with van der Waals surface area (Å²) in [5.41, 5.74) is 0. The van der Waals surface area contributed by atoms with E-state index in [9.17, 15) is 0 Å². The minimum Gasteiger partial charge on any atom is -0.0625 e. The van der Waals surface area contributed by atoms with Crippen molar-refractivity contribution in [3.05, 3.63) is 0 Å². The zero-order chi connectivity index (χ0) is 10.6. The lowest BCUT2D eigenvalue weighted by molar-refractivity contribution is 0.218. The highest BCUT2D eigenvalue weighted by atomic mass is 14.3. The topological polar surface area (TPSA) is 0 Å². The lowest BCUT2D eigenvalue weighted by Crippen LogP contribution is -2.19. The first kappa shape index (κ1) is 12.1. The molecule has 0 radical (unpaired) electrons. The van der Waals surface area contributed by atoms with Crippen molar-refractivity contribution >= 4 is 0 Å². The van der Waals surface area contributed by atoms with E-state index in [1.54, 1.807) is 0 Å². The van der Waals surface area contributed by atoms with Gasteiger partial charge in [0, 0.05) is 0 Å². The predicted molar refractivity (Wildman–Crippen MR) is 64.4 cm³/mol. The van der Waals surface area contributed by atoms with Gasteiger partial charge in [0.05, 0.1) is 0 Å². The quantitative estimate of drug-likeness (QED) is 0.601. The van der Waals surface area contributed by atoms with Gasteiger partial charge in [0.25, 0.3) is 0 Å². The SMILES string of the molecule is CC(C)C(C)C(C)CC1CCCCC1. The summed E-state index contributed by atoms with van der Waals surface area (Å²) in [6, 6.07) is 0. The number of hydrogen-bond donors (Lipinski definition) is 0. The highest BCUT2D eigenvalue weighted by Gasteiger charge is 2.21. The van der Waals surface area contributed by atoms with Crippen LogP contribution in [0.25, 0.3) is 0 Å². The molecule has 2 unspecified atom stereocenters. The first-order chi connectivity index (χ1) is 6.61. The van der Waals surface area contributed by atoms with Gasteiger partial charge in [0.2, 0.25) is 0 Å². The van der Waals surface area contributed by atoms with E-state index >= 15 is 0 Å². The summed E-state index contributed by atoms with van der Waals surface area (Å²) >= 11 is 0. The molecular weight excluding hydrogens is 168 g/mol. The molecule has 1 aliphatic carbocycles. The summed E-state index contributed by atoms with van der Waals surface area (Å²) in [6.45, 7) is 9.61. The Morgan fingerprint density at radius 2 is 1.50 bits per heavy atom. The third-order valence-electron chi connectivity index (χ3n) is 4.38. The highest BCUT2D eigenvalue weighted by Crippen LogP contribution is 2.33. The molecule has 0 N–H and O–H groups in total. The molecule has 0 heteroatoms. The molecule has 0 bridgehead atoms. The van der Waals surface area contributed by atoms with Crippen molar-refractivity contribution in [3.8, 4) is 0 Å². The van der Waals surface area contributed by atoms with Gasteiger partial charge < -0.3 is 0 Å². The summed E-state index contributed by atoms with van der Waals surface area (Å²) in [6.07, 6.45) is 8.98. The fourth-order valence-electron chi connectivity index (χ4n) is 2.82. The second-order valence-corrected chi connectivity index (χ2v) is 5.82. The fourth-order valence-corrected chi connectivity index (χ4v) is 2.82. The molecule has 0 aliphatic heterocycles. The van der Waals surface area contributed by atoms with Crippen LogP contribution in [0.2, 0.25) is 0 Å². The Balaban J connectivity index is 2.27. The second kappa shape index (κ2) is 5.78. The van der Waals surface area contributed by atoms with Crippen molar-refractivity contribution < 1.29 is 0 Å². The van der Waals surface area contributed by atoms with Crippen LogP contribution >= 0.6 is 0 Å². The van der Waals surface area contributed by atoms with Crippen LogP contribution in [0, 0.1) is 23.7 Å². The van der Waals surface area contributed by atoms with Gasteiger partial charge in [-0.05, 0) is 30.1 Å². The number of rotatable bonds is 4. The van der Waals surface area contributed by atoms with Gasteiger partial charge >= 0.3 is 0 Å². The third kappa shape index (κ3) is 3.63. The molecule has 0 aromatic rings. The van der Waals surface area contributed by atoms with E-state index in [4.69, 9.17) is 0 Å². The highest BCUT2D eigenvalue weighted by molar-refractivity contribution is 4.72. The molecular formula is C14H28. The summed E-state index contributed by atoms with van der Waals surface area (Å²) in [5.74, 6) is 3.74. The summed E-state index contributed by atoms with van der Waals surface area (Å²) in [4.78, 5) is 0. The summed E-state index contributed by atoms with van der Waals surface area (Å²) < 4.78 is 0. The van der Waals surface area contributed by atoms with Crippen LogP contribution in [-0.4, -0.2) is 0 Å². The number of hydrogen-bond acceptors (Lipinski definition) is 0. The Kier molecular flexibility index (Phi) is 4.98. The molecule has 14 heavy (non-hydrogen) atoms. The van der Waals surface area contributed by atoms with Gasteiger partial charge in [-0.25, -0.2) is 0 Å². The predicted octanol–water partition coefficient (Wildman–Crippen LogP) is 4.89. The van der Waals surface area contributed by atoms with Crippen molar-refractivity contribution in [1.29, 1.82) is 0 Å². The zero-order valence-electron chi connectivity index (χ0n) is 10.6. The van der Waals surface area contributed by atoms with Crippen molar-refractivity contribution in [2.75, 3.05) is 0 Å². The van der Waals surface area contributed by atoms with E-state index in [2.05, 4.69) is 27.7 Å². The smallest absolute Gasteiger partial charge is 0.0394 e. The largest absolute Gasteiger partial charge is 0.0625 e. The molecule has 0 aromatic carbocycles. The summed E-state index contributed by atoms with van der Waals surface area (Å²) in [7, 11) is 0.